The number of aryl methyl sites for hydroxylation is 1. The maximum Gasteiger partial charge on any atom is 0.126 e. The molecule has 5 rings (SSSR count). The van der Waals surface area contributed by atoms with Gasteiger partial charge in [-0.1, -0.05) is 32.3 Å². The Morgan fingerprint density at radius 2 is 2.03 bits per heavy atom. The summed E-state index contributed by atoms with van der Waals surface area (Å²) in [6.45, 7) is 6.33. The molecule has 0 radical (unpaired) electrons. The first-order valence-corrected chi connectivity index (χ1v) is 12.8. The van der Waals surface area contributed by atoms with Gasteiger partial charge in [-0.25, -0.2) is 4.98 Å². The first kappa shape index (κ1) is 20.5. The second-order valence-electron chi connectivity index (χ2n) is 9.30. The number of nitrogens with one attached hydrogen (secondary N) is 1. The number of aromatic nitrogens is 1. The molecule has 2 aromatic heterocycles. The van der Waals surface area contributed by atoms with Crippen LogP contribution in [-0.2, 0) is 29.7 Å². The highest BCUT2D eigenvalue weighted by molar-refractivity contribution is 7.12. The summed E-state index contributed by atoms with van der Waals surface area (Å²) in [6, 6.07) is 7.48. The number of nitrogens with zero attached hydrogens (tertiary/aromatic N) is 2. The molecule has 0 atom stereocenters. The van der Waals surface area contributed by atoms with Crippen molar-refractivity contribution < 1.29 is 4.74 Å². The molecule has 1 aliphatic carbocycles. The number of likely N-dealkylation sites (tertiary alicyclic amines) is 1. The van der Waals surface area contributed by atoms with Gasteiger partial charge in [-0.05, 0) is 55.4 Å². The van der Waals surface area contributed by atoms with E-state index in [4.69, 9.17) is 9.72 Å². The maximum atomic E-state index is 6.44. The van der Waals surface area contributed by atoms with Gasteiger partial charge in [0, 0.05) is 48.0 Å². The number of fused-ring (bicyclic) bond motifs is 2. The van der Waals surface area contributed by atoms with Gasteiger partial charge in [0.2, 0.25) is 0 Å². The molecule has 5 heteroatoms. The summed E-state index contributed by atoms with van der Waals surface area (Å²) in [5, 5.41) is 3.63. The minimum absolute atomic E-state index is 0.0278. The third kappa shape index (κ3) is 4.30. The van der Waals surface area contributed by atoms with Crippen molar-refractivity contribution in [2.24, 2.45) is 0 Å². The molecule has 0 unspecified atom stereocenters. The normalized spacial score (nSPS) is 22.2. The van der Waals surface area contributed by atoms with Crippen molar-refractivity contribution in [1.29, 1.82) is 0 Å². The molecular formula is C25H35N3OS. The lowest BCUT2D eigenvalue weighted by molar-refractivity contribution is -0.0981. The van der Waals surface area contributed by atoms with Crippen molar-refractivity contribution in [3.63, 3.8) is 0 Å². The Hall–Kier alpha value is -1.43. The van der Waals surface area contributed by atoms with Crippen molar-refractivity contribution in [2.45, 2.75) is 82.9 Å². The van der Waals surface area contributed by atoms with Crippen LogP contribution in [0.5, 0.6) is 0 Å². The van der Waals surface area contributed by atoms with Crippen LogP contribution in [0.2, 0.25) is 0 Å². The lowest BCUT2D eigenvalue weighted by Crippen LogP contribution is -2.45. The fourth-order valence-electron chi connectivity index (χ4n) is 5.45. The zero-order valence-corrected chi connectivity index (χ0v) is 19.1. The van der Waals surface area contributed by atoms with E-state index in [0.717, 1.165) is 57.7 Å². The SMILES string of the molecule is CCc1cc2c(s1)CCOC21CCN(Cc2ccc(NC3CCCCC3)nc2)CC1. The van der Waals surface area contributed by atoms with Crippen LogP contribution in [0.25, 0.3) is 0 Å². The van der Waals surface area contributed by atoms with Crippen molar-refractivity contribution in [3.05, 3.63) is 45.3 Å². The zero-order valence-electron chi connectivity index (χ0n) is 18.3. The van der Waals surface area contributed by atoms with Crippen LogP contribution in [0.3, 0.4) is 0 Å². The summed E-state index contributed by atoms with van der Waals surface area (Å²) in [6.07, 6.45) is 13.2. The van der Waals surface area contributed by atoms with Crippen molar-refractivity contribution in [2.75, 3.05) is 25.0 Å². The monoisotopic (exact) mass is 425 g/mol. The summed E-state index contributed by atoms with van der Waals surface area (Å²) in [5.74, 6) is 1.04. The molecule has 3 aliphatic rings. The number of anilines is 1. The first-order chi connectivity index (χ1) is 14.7. The van der Waals surface area contributed by atoms with Crippen LogP contribution in [0, 0.1) is 0 Å². The second kappa shape index (κ2) is 8.97. The zero-order chi connectivity index (χ0) is 20.4. The summed E-state index contributed by atoms with van der Waals surface area (Å²) in [5.41, 5.74) is 2.80. The third-order valence-electron chi connectivity index (χ3n) is 7.26. The van der Waals surface area contributed by atoms with Gasteiger partial charge >= 0.3 is 0 Å². The predicted molar refractivity (Wildman–Crippen MR) is 124 cm³/mol. The quantitative estimate of drug-likeness (QED) is 0.685. The molecule has 1 spiro atoms. The molecule has 162 valence electrons. The average Bonchev–Trinajstić information content (AvgIpc) is 3.23. The minimum Gasteiger partial charge on any atom is -0.370 e. The van der Waals surface area contributed by atoms with E-state index >= 15 is 0 Å². The molecule has 2 aliphatic heterocycles. The summed E-state index contributed by atoms with van der Waals surface area (Å²) < 4.78 is 6.44. The molecular weight excluding hydrogens is 390 g/mol. The minimum atomic E-state index is -0.0278. The Labute approximate surface area is 185 Å². The van der Waals surface area contributed by atoms with Gasteiger partial charge in [-0.15, -0.1) is 11.3 Å². The van der Waals surface area contributed by atoms with Crippen LogP contribution in [0.15, 0.2) is 24.4 Å². The fraction of sp³-hybridized carbons (Fsp3) is 0.640. The van der Waals surface area contributed by atoms with Gasteiger partial charge in [0.15, 0.2) is 0 Å². The first-order valence-electron chi connectivity index (χ1n) is 11.9. The van der Waals surface area contributed by atoms with E-state index in [9.17, 15) is 0 Å². The molecule has 1 saturated carbocycles. The summed E-state index contributed by atoms with van der Waals surface area (Å²) >= 11 is 2.01. The van der Waals surface area contributed by atoms with Crippen LogP contribution in [0.1, 0.15) is 72.8 Å². The Bertz CT molecular complexity index is 833. The molecule has 0 bridgehead atoms. The Morgan fingerprint density at radius 1 is 1.20 bits per heavy atom. The van der Waals surface area contributed by atoms with Crippen molar-refractivity contribution in [1.82, 2.24) is 9.88 Å². The molecule has 0 amide bonds. The number of thiophene rings is 1. The highest BCUT2D eigenvalue weighted by Gasteiger charge is 2.41. The lowest BCUT2D eigenvalue weighted by Gasteiger charge is -2.44. The lowest BCUT2D eigenvalue weighted by atomic mass is 9.82. The summed E-state index contributed by atoms with van der Waals surface area (Å²) in [7, 11) is 0. The second-order valence-corrected chi connectivity index (χ2v) is 10.5. The number of ether oxygens (including phenoxy) is 1. The smallest absolute Gasteiger partial charge is 0.126 e. The molecule has 2 aromatic rings. The van der Waals surface area contributed by atoms with Gasteiger partial charge in [0.1, 0.15) is 5.82 Å². The summed E-state index contributed by atoms with van der Waals surface area (Å²) in [4.78, 5) is 10.4. The number of hydrogen-bond acceptors (Lipinski definition) is 5. The molecule has 1 saturated heterocycles. The van der Waals surface area contributed by atoms with Crippen LogP contribution in [0.4, 0.5) is 5.82 Å². The highest BCUT2D eigenvalue weighted by Crippen LogP contribution is 2.44. The van der Waals surface area contributed by atoms with E-state index in [-0.39, 0.29) is 5.60 Å². The molecule has 4 nitrogen and oxygen atoms in total. The largest absolute Gasteiger partial charge is 0.370 e. The van der Waals surface area contributed by atoms with E-state index in [0.29, 0.717) is 6.04 Å². The Morgan fingerprint density at radius 3 is 2.77 bits per heavy atom. The molecule has 2 fully saturated rings. The highest BCUT2D eigenvalue weighted by atomic mass is 32.1. The van der Waals surface area contributed by atoms with Crippen LogP contribution in [-0.4, -0.2) is 35.6 Å². The van der Waals surface area contributed by atoms with Gasteiger partial charge in [0.05, 0.1) is 12.2 Å². The van der Waals surface area contributed by atoms with Gasteiger partial charge < -0.3 is 10.1 Å². The van der Waals surface area contributed by atoms with E-state index < -0.39 is 0 Å². The molecule has 30 heavy (non-hydrogen) atoms. The van der Waals surface area contributed by atoms with Crippen LogP contribution >= 0.6 is 11.3 Å². The van der Waals surface area contributed by atoms with Gasteiger partial charge in [-0.2, -0.15) is 0 Å². The van der Waals surface area contributed by atoms with Gasteiger partial charge in [0.25, 0.3) is 0 Å². The third-order valence-corrected chi connectivity index (χ3v) is 8.60. The van der Waals surface area contributed by atoms with Crippen molar-refractivity contribution >= 4 is 17.2 Å². The Balaban J connectivity index is 1.17. The average molecular weight is 426 g/mol. The number of hydrogen-bond donors (Lipinski definition) is 1. The standard InChI is InChI=1S/C25H35N3OS/c1-2-21-16-22-23(30-21)10-15-29-25(22)11-13-28(14-12-25)18-19-8-9-24(26-17-19)27-20-6-4-3-5-7-20/h8-9,16-17,20H,2-7,10-15,18H2,1H3,(H,26,27). The Kier molecular flexibility index (Phi) is 6.12. The topological polar surface area (TPSA) is 37.4 Å². The molecule has 0 aromatic carbocycles. The van der Waals surface area contributed by atoms with E-state index in [1.807, 2.05) is 11.3 Å². The van der Waals surface area contributed by atoms with E-state index in [2.05, 4.69) is 41.5 Å². The van der Waals surface area contributed by atoms with E-state index in [1.165, 1.54) is 48.1 Å². The van der Waals surface area contributed by atoms with Crippen molar-refractivity contribution in [3.8, 4) is 0 Å². The van der Waals surface area contributed by atoms with E-state index in [1.54, 1.807) is 4.88 Å². The number of pyridine rings is 1. The van der Waals surface area contributed by atoms with Crippen LogP contribution < -0.4 is 5.32 Å². The maximum absolute atomic E-state index is 6.44. The molecule has 4 heterocycles. The fourth-order valence-corrected chi connectivity index (χ4v) is 6.63. The number of rotatable bonds is 5. The number of piperidine rings is 1. The molecule has 1 N–H and O–H groups in total. The predicted octanol–water partition coefficient (Wildman–Crippen LogP) is 5.51. The van der Waals surface area contributed by atoms with Gasteiger partial charge in [-0.3, -0.25) is 4.90 Å².